The van der Waals surface area contributed by atoms with Gasteiger partial charge in [0.1, 0.15) is 5.52 Å². The van der Waals surface area contributed by atoms with Crippen LogP contribution in [0.4, 0.5) is 5.69 Å². The number of fused-ring (bicyclic) bond motifs is 1. The SMILES string of the molecule is CCc1cc(NCc2ccc3oc(-c4ccccc4-c4nn[nH]n4)nc3c2)c(I)c(CC)n1. The van der Waals surface area contributed by atoms with Gasteiger partial charge in [0.05, 0.1) is 15.0 Å². The number of pyridine rings is 1. The summed E-state index contributed by atoms with van der Waals surface area (Å²) in [6.45, 7) is 4.95. The van der Waals surface area contributed by atoms with Crippen molar-refractivity contribution in [2.24, 2.45) is 0 Å². The number of aryl methyl sites for hydroxylation is 2. The number of anilines is 1. The molecule has 0 saturated heterocycles. The first-order valence-corrected chi connectivity index (χ1v) is 11.9. The van der Waals surface area contributed by atoms with Crippen molar-refractivity contribution in [2.75, 3.05) is 5.32 Å². The molecule has 0 aliphatic carbocycles. The van der Waals surface area contributed by atoms with E-state index in [2.05, 4.69) is 80.6 Å². The molecular weight excluding hydrogens is 529 g/mol. The largest absolute Gasteiger partial charge is 0.436 e. The number of nitrogens with one attached hydrogen (secondary N) is 2. The number of hydrogen-bond acceptors (Lipinski definition) is 7. The fraction of sp³-hybridized carbons (Fsp3) is 0.208. The Morgan fingerprint density at radius 1 is 1.00 bits per heavy atom. The molecule has 0 atom stereocenters. The van der Waals surface area contributed by atoms with E-state index in [1.165, 1.54) is 3.57 Å². The summed E-state index contributed by atoms with van der Waals surface area (Å²) in [5, 5.41) is 17.9. The van der Waals surface area contributed by atoms with E-state index in [0.717, 1.165) is 57.7 Å². The highest BCUT2D eigenvalue weighted by atomic mass is 127. The van der Waals surface area contributed by atoms with Crippen molar-refractivity contribution in [1.29, 1.82) is 0 Å². The Morgan fingerprint density at radius 2 is 1.85 bits per heavy atom. The topological polar surface area (TPSA) is 105 Å². The summed E-state index contributed by atoms with van der Waals surface area (Å²) >= 11 is 2.38. The molecule has 0 aliphatic rings. The third-order valence-electron chi connectivity index (χ3n) is 5.46. The second-order valence-corrected chi connectivity index (χ2v) is 8.66. The molecule has 2 N–H and O–H groups in total. The number of hydrogen-bond donors (Lipinski definition) is 2. The van der Waals surface area contributed by atoms with E-state index in [-0.39, 0.29) is 0 Å². The van der Waals surface area contributed by atoms with E-state index in [4.69, 9.17) is 14.4 Å². The number of H-pyrrole nitrogens is 1. The monoisotopic (exact) mass is 551 g/mol. The lowest BCUT2D eigenvalue weighted by molar-refractivity contribution is 0.620. The van der Waals surface area contributed by atoms with Gasteiger partial charge in [-0.2, -0.15) is 5.21 Å². The van der Waals surface area contributed by atoms with Crippen molar-refractivity contribution in [3.63, 3.8) is 0 Å². The van der Waals surface area contributed by atoms with Crippen molar-refractivity contribution in [3.8, 4) is 22.8 Å². The Hall–Kier alpha value is -3.34. The van der Waals surface area contributed by atoms with Crippen molar-refractivity contribution in [1.82, 2.24) is 30.6 Å². The zero-order valence-corrected chi connectivity index (χ0v) is 20.4. The van der Waals surface area contributed by atoms with Crippen molar-refractivity contribution < 1.29 is 4.42 Å². The van der Waals surface area contributed by atoms with E-state index in [9.17, 15) is 0 Å². The lowest BCUT2D eigenvalue weighted by atomic mass is 10.1. The van der Waals surface area contributed by atoms with Crippen LogP contribution in [0.2, 0.25) is 0 Å². The lowest BCUT2D eigenvalue weighted by Gasteiger charge is -2.13. The first-order valence-electron chi connectivity index (χ1n) is 10.8. The summed E-state index contributed by atoms with van der Waals surface area (Å²) in [6.07, 6.45) is 1.83. The molecule has 0 aliphatic heterocycles. The molecule has 0 fully saturated rings. The molecule has 9 heteroatoms. The smallest absolute Gasteiger partial charge is 0.228 e. The van der Waals surface area contributed by atoms with Crippen LogP contribution < -0.4 is 5.32 Å². The normalized spacial score (nSPS) is 11.2. The fourth-order valence-electron chi connectivity index (χ4n) is 3.72. The van der Waals surface area contributed by atoms with Gasteiger partial charge in [0.2, 0.25) is 11.7 Å². The van der Waals surface area contributed by atoms with Gasteiger partial charge in [0, 0.05) is 23.4 Å². The number of aromatic amines is 1. The minimum Gasteiger partial charge on any atom is -0.436 e. The Morgan fingerprint density at radius 3 is 2.61 bits per heavy atom. The van der Waals surface area contributed by atoms with Crippen molar-refractivity contribution in [2.45, 2.75) is 33.2 Å². The zero-order chi connectivity index (χ0) is 22.8. The maximum absolute atomic E-state index is 6.06. The summed E-state index contributed by atoms with van der Waals surface area (Å²) < 4.78 is 7.24. The van der Waals surface area contributed by atoms with Crippen molar-refractivity contribution >= 4 is 39.4 Å². The number of oxazole rings is 1. The molecule has 166 valence electrons. The number of tetrazole rings is 1. The Bertz CT molecular complexity index is 1410. The van der Waals surface area contributed by atoms with Gasteiger partial charge < -0.3 is 9.73 Å². The molecule has 3 heterocycles. The van der Waals surface area contributed by atoms with E-state index in [1.807, 2.05) is 30.3 Å². The van der Waals surface area contributed by atoms with Crippen LogP contribution in [0.5, 0.6) is 0 Å². The lowest BCUT2D eigenvalue weighted by Crippen LogP contribution is -2.06. The van der Waals surface area contributed by atoms with Crippen LogP contribution in [0.3, 0.4) is 0 Å². The minimum absolute atomic E-state index is 0.502. The Balaban J connectivity index is 1.43. The van der Waals surface area contributed by atoms with Gasteiger partial charge >= 0.3 is 0 Å². The van der Waals surface area contributed by atoms with Crippen LogP contribution in [-0.2, 0) is 19.4 Å². The molecule has 0 radical (unpaired) electrons. The average molecular weight is 551 g/mol. The van der Waals surface area contributed by atoms with E-state index < -0.39 is 0 Å². The van der Waals surface area contributed by atoms with Crippen LogP contribution in [0, 0.1) is 3.57 Å². The maximum Gasteiger partial charge on any atom is 0.228 e. The molecule has 8 nitrogen and oxygen atoms in total. The Labute approximate surface area is 204 Å². The molecule has 0 amide bonds. The predicted octanol–water partition coefficient (Wildman–Crippen LogP) is 5.41. The maximum atomic E-state index is 6.06. The number of halogens is 1. The number of rotatable bonds is 7. The Kier molecular flexibility index (Phi) is 6.03. The molecule has 33 heavy (non-hydrogen) atoms. The molecule has 5 aromatic rings. The summed E-state index contributed by atoms with van der Waals surface area (Å²) in [4.78, 5) is 9.49. The molecule has 0 spiro atoms. The van der Waals surface area contributed by atoms with Crippen LogP contribution in [0.15, 0.2) is 52.9 Å². The highest BCUT2D eigenvalue weighted by Crippen LogP contribution is 2.32. The molecule has 0 unspecified atom stereocenters. The number of benzene rings is 2. The van der Waals surface area contributed by atoms with Gasteiger partial charge in [0.25, 0.3) is 0 Å². The third kappa shape index (κ3) is 4.32. The second-order valence-electron chi connectivity index (χ2n) is 7.58. The van der Waals surface area contributed by atoms with Gasteiger partial charge in [-0.3, -0.25) is 4.98 Å². The average Bonchev–Trinajstić information content (AvgIpc) is 3.53. The number of nitrogens with zero attached hydrogens (tertiary/aromatic N) is 5. The molecular formula is C24H22IN7O. The van der Waals surface area contributed by atoms with Crippen LogP contribution in [0.25, 0.3) is 33.9 Å². The first-order chi connectivity index (χ1) is 16.2. The summed E-state index contributed by atoms with van der Waals surface area (Å²) in [6, 6.07) is 16.0. The molecule has 5 rings (SSSR count). The van der Waals surface area contributed by atoms with Crippen LogP contribution in [-0.4, -0.2) is 30.6 Å². The van der Waals surface area contributed by atoms with Gasteiger partial charge in [0.15, 0.2) is 5.58 Å². The standard InChI is InChI=1S/C24H22IN7O/c1-3-15-12-20(22(25)18(4-2)27-15)26-13-14-9-10-21-19(11-14)28-24(33-21)17-8-6-5-7-16(17)23-29-31-32-30-23/h5-12H,3-4,13H2,1-2H3,(H,26,27)(H,29,30,31,32). The van der Waals surface area contributed by atoms with E-state index in [0.29, 0.717) is 18.3 Å². The fourth-order valence-corrected chi connectivity index (χ4v) is 4.57. The summed E-state index contributed by atoms with van der Waals surface area (Å²) in [5.74, 6) is 1.03. The van der Waals surface area contributed by atoms with Gasteiger partial charge in [-0.15, -0.1) is 10.2 Å². The quantitative estimate of drug-likeness (QED) is 0.261. The van der Waals surface area contributed by atoms with Gasteiger partial charge in [-0.1, -0.05) is 38.1 Å². The van der Waals surface area contributed by atoms with Gasteiger partial charge in [-0.25, -0.2) is 4.98 Å². The highest BCUT2D eigenvalue weighted by Gasteiger charge is 2.16. The highest BCUT2D eigenvalue weighted by molar-refractivity contribution is 14.1. The summed E-state index contributed by atoms with van der Waals surface area (Å²) in [5.41, 5.74) is 7.65. The molecule has 0 bridgehead atoms. The zero-order valence-electron chi connectivity index (χ0n) is 18.3. The first kappa shape index (κ1) is 21.5. The molecule has 2 aromatic carbocycles. The van der Waals surface area contributed by atoms with Crippen LogP contribution >= 0.6 is 22.6 Å². The summed E-state index contributed by atoms with van der Waals surface area (Å²) in [7, 11) is 0. The minimum atomic E-state index is 0.502. The third-order valence-corrected chi connectivity index (χ3v) is 6.66. The van der Waals surface area contributed by atoms with Gasteiger partial charge in [-0.05, 0) is 70.5 Å². The van der Waals surface area contributed by atoms with E-state index in [1.54, 1.807) is 0 Å². The predicted molar refractivity (Wildman–Crippen MR) is 136 cm³/mol. The molecule has 3 aromatic heterocycles. The number of aromatic nitrogens is 6. The van der Waals surface area contributed by atoms with Crippen molar-refractivity contribution in [3.05, 3.63) is 69.1 Å². The van der Waals surface area contributed by atoms with Crippen LogP contribution in [0.1, 0.15) is 30.8 Å². The molecule has 0 saturated carbocycles. The van der Waals surface area contributed by atoms with E-state index >= 15 is 0 Å². The second kappa shape index (κ2) is 9.26.